The van der Waals surface area contributed by atoms with Gasteiger partial charge in [-0.2, -0.15) is 4.37 Å². The number of hydrogen-bond donors (Lipinski definition) is 1. The summed E-state index contributed by atoms with van der Waals surface area (Å²) in [5, 5.41) is 4.28. The standard InChI is InChI=1S/C14H20N4S2/c1-3-4-10-5-6-18(7-10)14-11(12(15)17-20-14)13-16-9(2)8-19-13/h8,10H,3-7H2,1-2H3,(H2,15,17). The van der Waals surface area contributed by atoms with E-state index in [1.807, 2.05) is 6.92 Å². The molecule has 0 radical (unpaired) electrons. The summed E-state index contributed by atoms with van der Waals surface area (Å²) in [5.74, 6) is 1.44. The number of nitrogens with zero attached hydrogens (tertiary/aromatic N) is 3. The molecular weight excluding hydrogens is 288 g/mol. The molecule has 2 aromatic heterocycles. The summed E-state index contributed by atoms with van der Waals surface area (Å²) in [4.78, 5) is 7.02. The van der Waals surface area contributed by atoms with Crippen molar-refractivity contribution in [3.63, 3.8) is 0 Å². The number of thiazole rings is 1. The molecule has 3 heterocycles. The van der Waals surface area contributed by atoms with Gasteiger partial charge in [-0.05, 0) is 37.2 Å². The first-order valence-electron chi connectivity index (χ1n) is 7.11. The van der Waals surface area contributed by atoms with Crippen molar-refractivity contribution in [3.8, 4) is 10.6 Å². The summed E-state index contributed by atoms with van der Waals surface area (Å²) in [6.07, 6.45) is 3.86. The Balaban J connectivity index is 1.88. The van der Waals surface area contributed by atoms with Crippen LogP contribution in [0.1, 0.15) is 31.9 Å². The highest BCUT2D eigenvalue weighted by atomic mass is 32.1. The minimum Gasteiger partial charge on any atom is -0.382 e. The molecule has 2 aromatic rings. The Morgan fingerprint density at radius 1 is 1.50 bits per heavy atom. The van der Waals surface area contributed by atoms with Gasteiger partial charge in [-0.25, -0.2) is 4.98 Å². The van der Waals surface area contributed by atoms with E-state index in [1.165, 1.54) is 35.8 Å². The number of aryl methyl sites for hydroxylation is 1. The predicted molar refractivity (Wildman–Crippen MR) is 87.6 cm³/mol. The summed E-state index contributed by atoms with van der Waals surface area (Å²) in [6.45, 7) is 6.52. The van der Waals surface area contributed by atoms with E-state index < -0.39 is 0 Å². The highest BCUT2D eigenvalue weighted by molar-refractivity contribution is 7.15. The Labute approximate surface area is 127 Å². The monoisotopic (exact) mass is 308 g/mol. The summed E-state index contributed by atoms with van der Waals surface area (Å²) in [7, 11) is 0. The SMILES string of the molecule is CCCC1CCN(c2snc(N)c2-c2nc(C)cs2)C1. The minimum atomic E-state index is 0.623. The van der Waals surface area contributed by atoms with Gasteiger partial charge in [0.1, 0.15) is 15.8 Å². The summed E-state index contributed by atoms with van der Waals surface area (Å²) in [5.41, 5.74) is 8.18. The predicted octanol–water partition coefficient (Wildman–Crippen LogP) is 3.78. The topological polar surface area (TPSA) is 55.0 Å². The number of aromatic nitrogens is 2. The lowest BCUT2D eigenvalue weighted by molar-refractivity contribution is 0.530. The van der Waals surface area contributed by atoms with Crippen LogP contribution in [0.25, 0.3) is 10.6 Å². The lowest BCUT2D eigenvalue weighted by Gasteiger charge is -2.17. The molecular formula is C14H20N4S2. The largest absolute Gasteiger partial charge is 0.382 e. The zero-order valence-corrected chi connectivity index (χ0v) is 13.6. The number of hydrogen-bond acceptors (Lipinski definition) is 6. The van der Waals surface area contributed by atoms with Crippen molar-refractivity contribution in [1.82, 2.24) is 9.36 Å². The number of anilines is 2. The number of nitrogen functional groups attached to an aromatic ring is 1. The van der Waals surface area contributed by atoms with Crippen LogP contribution >= 0.6 is 22.9 Å². The van der Waals surface area contributed by atoms with Crippen LogP contribution in [0.5, 0.6) is 0 Å². The van der Waals surface area contributed by atoms with E-state index in [-0.39, 0.29) is 0 Å². The van der Waals surface area contributed by atoms with Crippen molar-refractivity contribution >= 4 is 33.7 Å². The fourth-order valence-corrected chi connectivity index (χ4v) is 4.61. The van der Waals surface area contributed by atoms with Gasteiger partial charge in [0.15, 0.2) is 0 Å². The van der Waals surface area contributed by atoms with Gasteiger partial charge in [-0.15, -0.1) is 11.3 Å². The number of rotatable bonds is 4. The first kappa shape index (κ1) is 13.8. The maximum absolute atomic E-state index is 6.08. The van der Waals surface area contributed by atoms with E-state index in [0.717, 1.165) is 35.3 Å². The van der Waals surface area contributed by atoms with Crippen LogP contribution < -0.4 is 10.6 Å². The lowest BCUT2D eigenvalue weighted by atomic mass is 10.0. The van der Waals surface area contributed by atoms with Gasteiger partial charge in [0.25, 0.3) is 0 Å². The Kier molecular flexibility index (Phi) is 3.94. The molecule has 0 bridgehead atoms. The average molecular weight is 308 g/mol. The van der Waals surface area contributed by atoms with Crippen LogP contribution in [0, 0.1) is 12.8 Å². The second-order valence-corrected chi connectivity index (χ2v) is 7.04. The Bertz CT molecular complexity index is 590. The fraction of sp³-hybridized carbons (Fsp3) is 0.571. The summed E-state index contributed by atoms with van der Waals surface area (Å²) >= 11 is 3.17. The quantitative estimate of drug-likeness (QED) is 0.934. The molecule has 0 aliphatic carbocycles. The molecule has 108 valence electrons. The highest BCUT2D eigenvalue weighted by Gasteiger charge is 2.27. The molecule has 2 N–H and O–H groups in total. The first-order valence-corrected chi connectivity index (χ1v) is 8.77. The molecule has 1 aliphatic heterocycles. The molecule has 4 nitrogen and oxygen atoms in total. The van der Waals surface area contributed by atoms with Crippen LogP contribution in [0.4, 0.5) is 10.8 Å². The van der Waals surface area contributed by atoms with Crippen LogP contribution in [-0.4, -0.2) is 22.4 Å². The van der Waals surface area contributed by atoms with E-state index in [4.69, 9.17) is 5.73 Å². The highest BCUT2D eigenvalue weighted by Crippen LogP contribution is 2.42. The fourth-order valence-electron chi connectivity index (χ4n) is 2.84. The van der Waals surface area contributed by atoms with E-state index in [2.05, 4.69) is 26.6 Å². The van der Waals surface area contributed by atoms with E-state index >= 15 is 0 Å². The van der Waals surface area contributed by atoms with E-state index in [1.54, 1.807) is 11.3 Å². The molecule has 1 fully saturated rings. The van der Waals surface area contributed by atoms with Crippen molar-refractivity contribution < 1.29 is 0 Å². The molecule has 3 rings (SSSR count). The van der Waals surface area contributed by atoms with Gasteiger partial charge in [-0.1, -0.05) is 13.3 Å². The van der Waals surface area contributed by atoms with E-state index in [9.17, 15) is 0 Å². The zero-order chi connectivity index (χ0) is 14.1. The Morgan fingerprint density at radius 2 is 2.35 bits per heavy atom. The maximum atomic E-state index is 6.08. The second kappa shape index (κ2) is 5.69. The zero-order valence-electron chi connectivity index (χ0n) is 11.9. The van der Waals surface area contributed by atoms with E-state index in [0.29, 0.717) is 5.82 Å². The van der Waals surface area contributed by atoms with Crippen LogP contribution in [0.3, 0.4) is 0 Å². The van der Waals surface area contributed by atoms with Crippen molar-refractivity contribution in [2.75, 3.05) is 23.7 Å². The molecule has 1 unspecified atom stereocenters. The first-order chi connectivity index (χ1) is 9.69. The molecule has 1 saturated heterocycles. The number of nitrogens with two attached hydrogens (primary N) is 1. The van der Waals surface area contributed by atoms with Crippen LogP contribution in [0.15, 0.2) is 5.38 Å². The Morgan fingerprint density at radius 3 is 3.05 bits per heavy atom. The van der Waals surface area contributed by atoms with Crippen molar-refractivity contribution in [2.45, 2.75) is 33.1 Å². The normalized spacial score (nSPS) is 18.9. The molecule has 20 heavy (non-hydrogen) atoms. The minimum absolute atomic E-state index is 0.623. The Hall–Kier alpha value is -1.14. The van der Waals surface area contributed by atoms with Gasteiger partial charge >= 0.3 is 0 Å². The molecule has 0 saturated carbocycles. The van der Waals surface area contributed by atoms with Gasteiger partial charge in [0, 0.05) is 24.2 Å². The molecule has 1 atom stereocenters. The molecule has 0 amide bonds. The maximum Gasteiger partial charge on any atom is 0.149 e. The molecule has 1 aliphatic rings. The van der Waals surface area contributed by atoms with Gasteiger partial charge in [0.05, 0.1) is 5.56 Å². The van der Waals surface area contributed by atoms with Crippen molar-refractivity contribution in [2.24, 2.45) is 5.92 Å². The van der Waals surface area contributed by atoms with Crippen molar-refractivity contribution in [1.29, 1.82) is 0 Å². The van der Waals surface area contributed by atoms with Gasteiger partial charge in [-0.3, -0.25) is 0 Å². The van der Waals surface area contributed by atoms with Crippen molar-refractivity contribution in [3.05, 3.63) is 11.1 Å². The van der Waals surface area contributed by atoms with Gasteiger partial charge < -0.3 is 10.6 Å². The lowest BCUT2D eigenvalue weighted by Crippen LogP contribution is -2.19. The molecule has 0 aromatic carbocycles. The summed E-state index contributed by atoms with van der Waals surface area (Å²) in [6, 6.07) is 0. The third kappa shape index (κ3) is 2.54. The molecule has 0 spiro atoms. The second-order valence-electron chi connectivity index (χ2n) is 5.43. The van der Waals surface area contributed by atoms with Crippen LogP contribution in [0.2, 0.25) is 0 Å². The van der Waals surface area contributed by atoms with Gasteiger partial charge in [0.2, 0.25) is 0 Å². The average Bonchev–Trinajstić information content (AvgIpc) is 3.10. The third-order valence-corrected chi connectivity index (χ3v) is 5.70. The summed E-state index contributed by atoms with van der Waals surface area (Å²) < 4.78 is 4.36. The van der Waals surface area contributed by atoms with Crippen LogP contribution in [-0.2, 0) is 0 Å². The smallest absolute Gasteiger partial charge is 0.149 e. The third-order valence-electron chi connectivity index (χ3n) is 3.80. The molecule has 6 heteroatoms.